The van der Waals surface area contributed by atoms with E-state index in [1.165, 1.54) is 18.2 Å². The molecule has 0 amide bonds. The van der Waals surface area contributed by atoms with Gasteiger partial charge in [-0.25, -0.2) is 17.5 Å². The number of para-hydroxylation sites is 1. The van der Waals surface area contributed by atoms with Crippen LogP contribution in [0.15, 0.2) is 41.6 Å². The molecule has 0 bridgehead atoms. The van der Waals surface area contributed by atoms with Crippen molar-refractivity contribution < 1.29 is 22.7 Å². The van der Waals surface area contributed by atoms with E-state index < -0.39 is 33.8 Å². The lowest BCUT2D eigenvalue weighted by Gasteiger charge is -2.17. The molecule has 0 aliphatic rings. The van der Waals surface area contributed by atoms with Crippen molar-refractivity contribution in [1.29, 1.82) is 0 Å². The highest BCUT2D eigenvalue weighted by Gasteiger charge is 2.29. The highest BCUT2D eigenvalue weighted by Crippen LogP contribution is 2.16. The normalized spacial score (nSPS) is 13.2. The van der Waals surface area contributed by atoms with Gasteiger partial charge in [0.1, 0.15) is 22.4 Å². The zero-order chi connectivity index (χ0) is 17.2. The first-order chi connectivity index (χ1) is 10.7. The van der Waals surface area contributed by atoms with Crippen LogP contribution < -0.4 is 4.72 Å². The molecule has 23 heavy (non-hydrogen) atoms. The van der Waals surface area contributed by atoms with Crippen LogP contribution in [0, 0.1) is 11.7 Å². The van der Waals surface area contributed by atoms with E-state index in [0.717, 1.165) is 17.1 Å². The molecule has 0 aliphatic heterocycles. The topological polar surface area (TPSA) is 101 Å². The van der Waals surface area contributed by atoms with E-state index in [-0.39, 0.29) is 10.6 Å². The van der Waals surface area contributed by atoms with Crippen molar-refractivity contribution >= 4 is 16.0 Å². The number of nitrogens with one attached hydrogen (secondary N) is 1. The number of aliphatic carboxylic acids is 1. The van der Waals surface area contributed by atoms with Crippen LogP contribution >= 0.6 is 0 Å². The predicted molar refractivity (Wildman–Crippen MR) is 80.1 cm³/mol. The van der Waals surface area contributed by atoms with Crippen LogP contribution in [0.4, 0.5) is 4.39 Å². The fourth-order valence-electron chi connectivity index (χ4n) is 1.92. The molecule has 0 unspecified atom stereocenters. The van der Waals surface area contributed by atoms with Crippen molar-refractivity contribution in [2.75, 3.05) is 0 Å². The molecule has 0 spiro atoms. The van der Waals surface area contributed by atoms with Gasteiger partial charge in [-0.05, 0) is 18.1 Å². The summed E-state index contributed by atoms with van der Waals surface area (Å²) in [7, 11) is -4.09. The maximum absolute atomic E-state index is 13.7. The Kier molecular flexibility index (Phi) is 4.81. The number of nitrogens with zero attached hydrogens (tertiary/aromatic N) is 2. The molecule has 1 aromatic heterocycles. The van der Waals surface area contributed by atoms with Crippen LogP contribution in [0.3, 0.4) is 0 Å². The quantitative estimate of drug-likeness (QED) is 0.827. The van der Waals surface area contributed by atoms with E-state index in [4.69, 9.17) is 5.11 Å². The minimum atomic E-state index is -4.09. The van der Waals surface area contributed by atoms with E-state index in [0.29, 0.717) is 0 Å². The van der Waals surface area contributed by atoms with E-state index >= 15 is 0 Å². The largest absolute Gasteiger partial charge is 0.480 e. The molecule has 0 aliphatic carbocycles. The van der Waals surface area contributed by atoms with Gasteiger partial charge in [-0.1, -0.05) is 26.0 Å². The van der Waals surface area contributed by atoms with Gasteiger partial charge < -0.3 is 5.11 Å². The van der Waals surface area contributed by atoms with Crippen LogP contribution in [0.1, 0.15) is 13.8 Å². The van der Waals surface area contributed by atoms with E-state index in [2.05, 4.69) is 9.82 Å². The van der Waals surface area contributed by atoms with Crippen molar-refractivity contribution in [3.05, 3.63) is 42.5 Å². The maximum Gasteiger partial charge on any atom is 0.322 e. The van der Waals surface area contributed by atoms with Gasteiger partial charge in [-0.2, -0.15) is 9.82 Å². The highest BCUT2D eigenvalue weighted by molar-refractivity contribution is 7.89. The molecule has 2 N–H and O–H groups in total. The molecule has 1 atom stereocenters. The van der Waals surface area contributed by atoms with Gasteiger partial charge >= 0.3 is 5.97 Å². The first-order valence-corrected chi connectivity index (χ1v) is 8.25. The van der Waals surface area contributed by atoms with Gasteiger partial charge in [0.05, 0.1) is 12.4 Å². The molecule has 2 aromatic rings. The lowest BCUT2D eigenvalue weighted by atomic mass is 10.1. The first kappa shape index (κ1) is 17.1. The number of rotatable bonds is 6. The van der Waals surface area contributed by atoms with E-state index in [1.54, 1.807) is 19.9 Å². The molecule has 0 saturated heterocycles. The summed E-state index contributed by atoms with van der Waals surface area (Å²) in [6.45, 7) is 3.17. The minimum Gasteiger partial charge on any atom is -0.480 e. The summed E-state index contributed by atoms with van der Waals surface area (Å²) in [5.41, 5.74) is 0.0904. The standard InChI is InChI=1S/C14H16FN3O4S/c1-9(2)13(14(19)20)17-23(21,22)10-7-16-18(8-10)12-6-4-3-5-11(12)15/h3-9,13,17H,1-2H3,(H,19,20)/t13-/m0/s1. The molecule has 0 saturated carbocycles. The Hall–Kier alpha value is -2.26. The van der Waals surface area contributed by atoms with Gasteiger partial charge in [0.2, 0.25) is 10.0 Å². The van der Waals surface area contributed by atoms with Crippen molar-refractivity contribution in [1.82, 2.24) is 14.5 Å². The summed E-state index contributed by atoms with van der Waals surface area (Å²) in [5.74, 6) is -2.27. The van der Waals surface area contributed by atoms with Gasteiger partial charge in [0.25, 0.3) is 0 Å². The molecular formula is C14H16FN3O4S. The fraction of sp³-hybridized carbons (Fsp3) is 0.286. The number of hydrogen-bond acceptors (Lipinski definition) is 4. The van der Waals surface area contributed by atoms with E-state index in [9.17, 15) is 17.6 Å². The second kappa shape index (κ2) is 6.47. The van der Waals surface area contributed by atoms with Gasteiger partial charge in [0, 0.05) is 0 Å². The smallest absolute Gasteiger partial charge is 0.322 e. The molecule has 9 heteroatoms. The Morgan fingerprint density at radius 3 is 2.57 bits per heavy atom. The third kappa shape index (κ3) is 3.74. The Bertz CT molecular complexity index is 817. The molecule has 1 heterocycles. The van der Waals surface area contributed by atoms with Crippen LogP contribution in [-0.2, 0) is 14.8 Å². The summed E-state index contributed by atoms with van der Waals surface area (Å²) in [4.78, 5) is 10.9. The summed E-state index contributed by atoms with van der Waals surface area (Å²) in [6, 6.07) is 4.49. The fourth-order valence-corrected chi connectivity index (χ4v) is 3.19. The second-order valence-corrected chi connectivity index (χ2v) is 6.97. The molecule has 0 radical (unpaired) electrons. The maximum atomic E-state index is 13.7. The van der Waals surface area contributed by atoms with Crippen molar-refractivity contribution in [3.63, 3.8) is 0 Å². The Morgan fingerprint density at radius 1 is 1.35 bits per heavy atom. The Morgan fingerprint density at radius 2 is 2.00 bits per heavy atom. The number of sulfonamides is 1. The molecular weight excluding hydrogens is 325 g/mol. The summed E-state index contributed by atoms with van der Waals surface area (Å²) >= 11 is 0. The van der Waals surface area contributed by atoms with Crippen molar-refractivity contribution in [3.8, 4) is 5.69 Å². The van der Waals surface area contributed by atoms with E-state index in [1.807, 2.05) is 0 Å². The van der Waals surface area contributed by atoms with Crippen molar-refractivity contribution in [2.45, 2.75) is 24.8 Å². The molecule has 124 valence electrons. The minimum absolute atomic E-state index is 0.0904. The van der Waals surface area contributed by atoms with Crippen LogP contribution in [0.5, 0.6) is 0 Å². The van der Waals surface area contributed by atoms with Gasteiger partial charge in [-0.3, -0.25) is 4.79 Å². The third-order valence-corrected chi connectivity index (χ3v) is 4.58. The average Bonchev–Trinajstić information content (AvgIpc) is 2.95. The van der Waals surface area contributed by atoms with Gasteiger partial charge in [0.15, 0.2) is 0 Å². The molecule has 0 fully saturated rings. The summed E-state index contributed by atoms with van der Waals surface area (Å²) in [5, 5.41) is 12.9. The van der Waals surface area contributed by atoms with Crippen molar-refractivity contribution in [2.24, 2.45) is 5.92 Å². The molecule has 1 aromatic carbocycles. The Balaban J connectivity index is 2.32. The molecule has 7 nitrogen and oxygen atoms in total. The lowest BCUT2D eigenvalue weighted by Crippen LogP contribution is -2.44. The average molecular weight is 341 g/mol. The number of carbonyl (C=O) groups is 1. The zero-order valence-electron chi connectivity index (χ0n) is 12.5. The lowest BCUT2D eigenvalue weighted by molar-refractivity contribution is -0.140. The summed E-state index contributed by atoms with van der Waals surface area (Å²) < 4.78 is 41.4. The van der Waals surface area contributed by atoms with Crippen LogP contribution in [0.25, 0.3) is 5.69 Å². The highest BCUT2D eigenvalue weighted by atomic mass is 32.2. The van der Waals surface area contributed by atoms with Crippen LogP contribution in [0.2, 0.25) is 0 Å². The number of carboxylic acids is 1. The monoisotopic (exact) mass is 341 g/mol. The number of hydrogen-bond donors (Lipinski definition) is 2. The Labute approximate surface area is 132 Å². The number of carboxylic acid groups (broad SMARTS) is 1. The first-order valence-electron chi connectivity index (χ1n) is 6.77. The van der Waals surface area contributed by atoms with Gasteiger partial charge in [-0.15, -0.1) is 0 Å². The van der Waals surface area contributed by atoms with Crippen LogP contribution in [-0.4, -0.2) is 35.3 Å². The second-order valence-electron chi connectivity index (χ2n) is 5.25. The zero-order valence-corrected chi connectivity index (χ0v) is 13.3. The SMILES string of the molecule is CC(C)[C@H](NS(=O)(=O)c1cnn(-c2ccccc2F)c1)C(=O)O. The third-order valence-electron chi connectivity index (χ3n) is 3.18. The number of halogens is 1. The molecule has 2 rings (SSSR count). The number of aromatic nitrogens is 2. The summed E-state index contributed by atoms with van der Waals surface area (Å²) in [6.07, 6.45) is 2.16. The predicted octanol–water partition coefficient (Wildman–Crippen LogP) is 1.40. The number of benzene rings is 1.